The number of hydrogen-bond acceptors (Lipinski definition) is 2. The molecule has 0 aromatic rings. The average molecular weight is 269 g/mol. The van der Waals surface area contributed by atoms with E-state index in [4.69, 9.17) is 4.74 Å². The standard InChI is InChI=1S/C17H35NO/c1-4-7-12-17(13-10-8-9-11-14-17)19-16-15-18(5-2)6-3/h4-16H2,1-3H3. The van der Waals surface area contributed by atoms with Crippen LogP contribution in [-0.2, 0) is 4.74 Å². The summed E-state index contributed by atoms with van der Waals surface area (Å²) < 4.78 is 6.45. The van der Waals surface area contributed by atoms with Crippen LogP contribution in [0.2, 0.25) is 0 Å². The number of hydrogen-bond donors (Lipinski definition) is 0. The molecule has 0 aliphatic heterocycles. The largest absolute Gasteiger partial charge is 0.374 e. The van der Waals surface area contributed by atoms with Crippen molar-refractivity contribution in [3.8, 4) is 0 Å². The van der Waals surface area contributed by atoms with E-state index >= 15 is 0 Å². The van der Waals surface area contributed by atoms with E-state index in [0.29, 0.717) is 0 Å². The van der Waals surface area contributed by atoms with Gasteiger partial charge in [0.1, 0.15) is 0 Å². The van der Waals surface area contributed by atoms with E-state index in [1.165, 1.54) is 57.8 Å². The fourth-order valence-corrected chi connectivity index (χ4v) is 3.27. The van der Waals surface area contributed by atoms with Crippen molar-refractivity contribution in [3.05, 3.63) is 0 Å². The quantitative estimate of drug-likeness (QED) is 0.566. The van der Waals surface area contributed by atoms with E-state index < -0.39 is 0 Å². The highest BCUT2D eigenvalue weighted by atomic mass is 16.5. The first-order valence-corrected chi connectivity index (χ1v) is 8.62. The van der Waals surface area contributed by atoms with Gasteiger partial charge in [-0.2, -0.15) is 0 Å². The molecule has 0 saturated heterocycles. The maximum Gasteiger partial charge on any atom is 0.0683 e. The number of nitrogens with zero attached hydrogens (tertiary/aromatic N) is 1. The molecule has 0 aromatic carbocycles. The van der Waals surface area contributed by atoms with E-state index in [9.17, 15) is 0 Å². The molecular weight excluding hydrogens is 234 g/mol. The number of rotatable bonds is 9. The highest BCUT2D eigenvalue weighted by Gasteiger charge is 2.31. The number of ether oxygens (including phenoxy) is 1. The molecule has 0 aromatic heterocycles. The molecule has 1 fully saturated rings. The minimum Gasteiger partial charge on any atom is -0.374 e. The van der Waals surface area contributed by atoms with Gasteiger partial charge in [0.15, 0.2) is 0 Å². The molecule has 1 saturated carbocycles. The van der Waals surface area contributed by atoms with Crippen LogP contribution in [0, 0.1) is 0 Å². The Morgan fingerprint density at radius 2 is 1.58 bits per heavy atom. The Kier molecular flexibility index (Phi) is 8.72. The number of likely N-dealkylation sites (N-methyl/N-ethyl adjacent to an activating group) is 1. The molecule has 1 rings (SSSR count). The van der Waals surface area contributed by atoms with E-state index in [-0.39, 0.29) is 5.60 Å². The Hall–Kier alpha value is -0.0800. The number of unbranched alkanes of at least 4 members (excludes halogenated alkanes) is 1. The molecule has 114 valence electrons. The second-order valence-corrected chi connectivity index (χ2v) is 6.08. The molecule has 0 N–H and O–H groups in total. The highest BCUT2D eigenvalue weighted by Crippen LogP contribution is 2.34. The van der Waals surface area contributed by atoms with Gasteiger partial charge in [0.25, 0.3) is 0 Å². The lowest BCUT2D eigenvalue weighted by atomic mass is 9.88. The lowest BCUT2D eigenvalue weighted by Crippen LogP contribution is -2.36. The van der Waals surface area contributed by atoms with Gasteiger partial charge in [0.05, 0.1) is 12.2 Å². The van der Waals surface area contributed by atoms with Crippen molar-refractivity contribution in [3.63, 3.8) is 0 Å². The van der Waals surface area contributed by atoms with Gasteiger partial charge in [-0.05, 0) is 32.4 Å². The van der Waals surface area contributed by atoms with Gasteiger partial charge in [0, 0.05) is 6.54 Å². The monoisotopic (exact) mass is 269 g/mol. The third-order valence-corrected chi connectivity index (χ3v) is 4.71. The maximum absolute atomic E-state index is 6.45. The fraction of sp³-hybridized carbons (Fsp3) is 1.00. The molecule has 0 atom stereocenters. The molecule has 0 amide bonds. The maximum atomic E-state index is 6.45. The fourth-order valence-electron chi connectivity index (χ4n) is 3.27. The molecule has 1 aliphatic rings. The van der Waals surface area contributed by atoms with Crippen molar-refractivity contribution < 1.29 is 4.74 Å². The summed E-state index contributed by atoms with van der Waals surface area (Å²) in [5, 5.41) is 0. The van der Waals surface area contributed by atoms with Crippen molar-refractivity contribution in [2.24, 2.45) is 0 Å². The van der Waals surface area contributed by atoms with Crippen LogP contribution in [0.3, 0.4) is 0 Å². The summed E-state index contributed by atoms with van der Waals surface area (Å²) in [6.07, 6.45) is 12.1. The van der Waals surface area contributed by atoms with Crippen molar-refractivity contribution in [2.45, 2.75) is 84.2 Å². The van der Waals surface area contributed by atoms with Gasteiger partial charge >= 0.3 is 0 Å². The first-order valence-electron chi connectivity index (χ1n) is 8.62. The first kappa shape index (κ1) is 17.0. The Bertz CT molecular complexity index is 205. The van der Waals surface area contributed by atoms with E-state index in [2.05, 4.69) is 25.7 Å². The SMILES string of the molecule is CCCCC1(OCCN(CC)CC)CCCCCC1. The van der Waals surface area contributed by atoms with Crippen LogP contribution in [0.5, 0.6) is 0 Å². The summed E-state index contributed by atoms with van der Waals surface area (Å²) in [5.41, 5.74) is 0.222. The lowest BCUT2D eigenvalue weighted by Gasteiger charge is -2.34. The van der Waals surface area contributed by atoms with Gasteiger partial charge in [0.2, 0.25) is 0 Å². The smallest absolute Gasteiger partial charge is 0.0683 e. The molecule has 0 spiro atoms. The zero-order chi connectivity index (χ0) is 14.0. The van der Waals surface area contributed by atoms with Crippen LogP contribution in [0.25, 0.3) is 0 Å². The van der Waals surface area contributed by atoms with E-state index in [0.717, 1.165) is 26.2 Å². The van der Waals surface area contributed by atoms with Crippen LogP contribution in [-0.4, -0.2) is 36.7 Å². The topological polar surface area (TPSA) is 12.5 Å². The lowest BCUT2D eigenvalue weighted by molar-refractivity contribution is -0.0689. The van der Waals surface area contributed by atoms with Gasteiger partial charge in [-0.15, -0.1) is 0 Å². The summed E-state index contributed by atoms with van der Waals surface area (Å²) in [6.45, 7) is 11.1. The van der Waals surface area contributed by atoms with Crippen LogP contribution in [0.15, 0.2) is 0 Å². The van der Waals surface area contributed by atoms with Gasteiger partial charge in [-0.1, -0.05) is 59.3 Å². The molecule has 2 nitrogen and oxygen atoms in total. The van der Waals surface area contributed by atoms with Crippen molar-refractivity contribution >= 4 is 0 Å². The van der Waals surface area contributed by atoms with Crippen LogP contribution >= 0.6 is 0 Å². The molecule has 1 aliphatic carbocycles. The van der Waals surface area contributed by atoms with Crippen molar-refractivity contribution in [2.75, 3.05) is 26.2 Å². The third-order valence-electron chi connectivity index (χ3n) is 4.71. The predicted octanol–water partition coefficient (Wildman–Crippen LogP) is 4.63. The minimum absolute atomic E-state index is 0.222. The zero-order valence-electron chi connectivity index (χ0n) is 13.5. The zero-order valence-corrected chi connectivity index (χ0v) is 13.5. The summed E-state index contributed by atoms with van der Waals surface area (Å²) >= 11 is 0. The van der Waals surface area contributed by atoms with E-state index in [1.54, 1.807) is 0 Å². The molecular formula is C17H35NO. The Labute approximate surface area is 120 Å². The normalized spacial score (nSPS) is 19.6. The van der Waals surface area contributed by atoms with Gasteiger partial charge in [-0.25, -0.2) is 0 Å². The van der Waals surface area contributed by atoms with Gasteiger partial charge in [-0.3, -0.25) is 0 Å². The predicted molar refractivity (Wildman–Crippen MR) is 83.7 cm³/mol. The van der Waals surface area contributed by atoms with Gasteiger partial charge < -0.3 is 9.64 Å². The van der Waals surface area contributed by atoms with Crippen molar-refractivity contribution in [1.82, 2.24) is 4.90 Å². The molecule has 19 heavy (non-hydrogen) atoms. The summed E-state index contributed by atoms with van der Waals surface area (Å²) in [7, 11) is 0. The third kappa shape index (κ3) is 6.27. The first-order chi connectivity index (χ1) is 9.26. The Morgan fingerprint density at radius 3 is 2.11 bits per heavy atom. The molecule has 2 heteroatoms. The summed E-state index contributed by atoms with van der Waals surface area (Å²) in [5.74, 6) is 0. The Balaban J connectivity index is 2.43. The van der Waals surface area contributed by atoms with Crippen LogP contribution < -0.4 is 0 Å². The summed E-state index contributed by atoms with van der Waals surface area (Å²) in [6, 6.07) is 0. The average Bonchev–Trinajstić information content (AvgIpc) is 2.68. The second kappa shape index (κ2) is 9.77. The van der Waals surface area contributed by atoms with E-state index in [1.807, 2.05) is 0 Å². The summed E-state index contributed by atoms with van der Waals surface area (Å²) in [4.78, 5) is 2.46. The van der Waals surface area contributed by atoms with Crippen LogP contribution in [0.4, 0.5) is 0 Å². The second-order valence-electron chi connectivity index (χ2n) is 6.08. The van der Waals surface area contributed by atoms with Crippen molar-refractivity contribution in [1.29, 1.82) is 0 Å². The molecule has 0 heterocycles. The molecule has 0 bridgehead atoms. The molecule has 0 radical (unpaired) electrons. The minimum atomic E-state index is 0.222. The van der Waals surface area contributed by atoms with Crippen LogP contribution in [0.1, 0.15) is 78.6 Å². The molecule has 0 unspecified atom stereocenters. The highest BCUT2D eigenvalue weighted by molar-refractivity contribution is 4.83. The Morgan fingerprint density at radius 1 is 0.947 bits per heavy atom.